The molecule has 0 unspecified atom stereocenters. The van der Waals surface area contributed by atoms with Gasteiger partial charge in [-0.2, -0.15) is 0 Å². The molecule has 8 heteroatoms. The maximum atomic E-state index is 12.3. The fraction of sp³-hybridized carbons (Fsp3) is 0.250. The van der Waals surface area contributed by atoms with Gasteiger partial charge in [-0.05, 0) is 26.0 Å². The molecule has 0 radical (unpaired) electrons. The SMILES string of the molecule is CCOC(=O)C(=C1NC(=O)[C@H](C)S1)c1nnc(-c2ccccc2)o1. The summed E-state index contributed by atoms with van der Waals surface area (Å²) in [5.41, 5.74) is 0.815. The summed E-state index contributed by atoms with van der Waals surface area (Å²) >= 11 is 1.23. The highest BCUT2D eigenvalue weighted by Gasteiger charge is 2.33. The van der Waals surface area contributed by atoms with Crippen LogP contribution in [0, 0.1) is 0 Å². The van der Waals surface area contributed by atoms with E-state index >= 15 is 0 Å². The zero-order chi connectivity index (χ0) is 17.1. The van der Waals surface area contributed by atoms with Crippen molar-refractivity contribution in [3.63, 3.8) is 0 Å². The summed E-state index contributed by atoms with van der Waals surface area (Å²) in [6.07, 6.45) is 0. The molecule has 1 aliphatic rings. The van der Waals surface area contributed by atoms with Crippen molar-refractivity contribution in [3.8, 4) is 11.5 Å². The highest BCUT2D eigenvalue weighted by Crippen LogP contribution is 2.34. The third kappa shape index (κ3) is 3.18. The minimum absolute atomic E-state index is 0.0178. The van der Waals surface area contributed by atoms with Crippen molar-refractivity contribution < 1.29 is 18.7 Å². The first-order chi connectivity index (χ1) is 11.6. The Morgan fingerprint density at radius 3 is 2.71 bits per heavy atom. The lowest BCUT2D eigenvalue weighted by Crippen LogP contribution is -2.21. The molecular weight excluding hydrogens is 330 g/mol. The fourth-order valence-corrected chi connectivity index (χ4v) is 3.06. The standard InChI is InChI=1S/C16H15N3O4S/c1-3-22-16(21)11(15-17-12(20)9(2)24-15)14-19-18-13(23-14)10-7-5-4-6-8-10/h4-9H,3H2,1-2H3,(H,17,20)/t9-/m0/s1. The molecule has 124 valence electrons. The molecule has 1 aromatic heterocycles. The Bertz CT molecular complexity index is 801. The van der Waals surface area contributed by atoms with Gasteiger partial charge in [-0.25, -0.2) is 4.79 Å². The van der Waals surface area contributed by atoms with Gasteiger partial charge in [0.2, 0.25) is 11.8 Å². The van der Waals surface area contributed by atoms with Crippen molar-refractivity contribution in [1.29, 1.82) is 0 Å². The number of esters is 1. The second-order valence-electron chi connectivity index (χ2n) is 4.95. The van der Waals surface area contributed by atoms with E-state index in [9.17, 15) is 9.59 Å². The van der Waals surface area contributed by atoms with Gasteiger partial charge in [-0.1, -0.05) is 30.0 Å². The predicted molar refractivity (Wildman–Crippen MR) is 88.5 cm³/mol. The van der Waals surface area contributed by atoms with Crippen LogP contribution >= 0.6 is 11.8 Å². The molecule has 2 heterocycles. The van der Waals surface area contributed by atoms with Gasteiger partial charge in [-0.3, -0.25) is 4.79 Å². The van der Waals surface area contributed by atoms with Crippen molar-refractivity contribution in [2.24, 2.45) is 0 Å². The van der Waals surface area contributed by atoms with E-state index in [2.05, 4.69) is 15.5 Å². The number of carbonyl (C=O) groups excluding carboxylic acids is 2. The number of rotatable bonds is 4. The molecule has 1 aromatic carbocycles. The molecule has 1 aliphatic heterocycles. The van der Waals surface area contributed by atoms with Gasteiger partial charge in [-0.15, -0.1) is 10.2 Å². The number of nitrogens with zero attached hydrogens (tertiary/aromatic N) is 2. The third-order valence-electron chi connectivity index (χ3n) is 3.27. The summed E-state index contributed by atoms with van der Waals surface area (Å²) in [5, 5.41) is 10.7. The Morgan fingerprint density at radius 2 is 2.08 bits per heavy atom. The Hall–Kier alpha value is -2.61. The summed E-state index contributed by atoms with van der Waals surface area (Å²) in [6, 6.07) is 9.21. The molecule has 1 fully saturated rings. The zero-order valence-corrected chi connectivity index (χ0v) is 13.9. The van der Waals surface area contributed by atoms with E-state index in [-0.39, 0.29) is 35.1 Å². The fourth-order valence-electron chi connectivity index (χ4n) is 2.10. The van der Waals surface area contributed by atoms with E-state index < -0.39 is 5.97 Å². The summed E-state index contributed by atoms with van der Waals surface area (Å²) in [4.78, 5) is 24.1. The number of nitrogens with one attached hydrogen (secondary N) is 1. The van der Waals surface area contributed by atoms with Crippen molar-refractivity contribution in [2.45, 2.75) is 19.1 Å². The lowest BCUT2D eigenvalue weighted by Gasteiger charge is -2.06. The Kier molecular flexibility index (Phi) is 4.66. The van der Waals surface area contributed by atoms with E-state index in [1.54, 1.807) is 13.8 Å². The van der Waals surface area contributed by atoms with Gasteiger partial charge in [0.25, 0.3) is 5.89 Å². The molecule has 0 aliphatic carbocycles. The first-order valence-corrected chi connectivity index (χ1v) is 8.26. The number of hydrogen-bond acceptors (Lipinski definition) is 7. The average Bonchev–Trinajstić information content (AvgIpc) is 3.17. The topological polar surface area (TPSA) is 94.3 Å². The predicted octanol–water partition coefficient (Wildman–Crippen LogP) is 2.22. The van der Waals surface area contributed by atoms with Crippen LogP contribution in [-0.4, -0.2) is 33.9 Å². The third-order valence-corrected chi connectivity index (χ3v) is 4.38. The van der Waals surface area contributed by atoms with E-state index in [1.807, 2.05) is 30.3 Å². The van der Waals surface area contributed by atoms with Crippen LogP contribution in [0.1, 0.15) is 19.7 Å². The molecule has 7 nitrogen and oxygen atoms in total. The molecule has 1 atom stereocenters. The molecule has 0 saturated carbocycles. The van der Waals surface area contributed by atoms with Gasteiger partial charge in [0.1, 0.15) is 0 Å². The molecule has 1 saturated heterocycles. The molecule has 0 spiro atoms. The molecule has 3 rings (SSSR count). The summed E-state index contributed by atoms with van der Waals surface area (Å²) < 4.78 is 10.7. The summed E-state index contributed by atoms with van der Waals surface area (Å²) in [7, 11) is 0. The number of ether oxygens (including phenoxy) is 1. The first kappa shape index (κ1) is 16.3. The number of amides is 1. The van der Waals surface area contributed by atoms with Gasteiger partial charge in [0, 0.05) is 5.56 Å². The van der Waals surface area contributed by atoms with Crippen LogP contribution in [0.5, 0.6) is 0 Å². The monoisotopic (exact) mass is 345 g/mol. The lowest BCUT2D eigenvalue weighted by atomic mass is 10.2. The van der Waals surface area contributed by atoms with Crippen LogP contribution in [0.25, 0.3) is 17.0 Å². The minimum Gasteiger partial charge on any atom is -0.462 e. The molecule has 1 N–H and O–H groups in total. The number of hydrogen-bond donors (Lipinski definition) is 1. The van der Waals surface area contributed by atoms with Gasteiger partial charge in [0.05, 0.1) is 16.9 Å². The average molecular weight is 345 g/mol. The quantitative estimate of drug-likeness (QED) is 0.670. The van der Waals surface area contributed by atoms with E-state index in [0.717, 1.165) is 5.56 Å². The lowest BCUT2D eigenvalue weighted by molar-refractivity contribution is -0.136. The Morgan fingerprint density at radius 1 is 1.33 bits per heavy atom. The summed E-state index contributed by atoms with van der Waals surface area (Å²) in [5.74, 6) is -0.489. The molecular formula is C16H15N3O4S. The second-order valence-corrected chi connectivity index (χ2v) is 6.30. The van der Waals surface area contributed by atoms with Gasteiger partial charge >= 0.3 is 5.97 Å². The van der Waals surface area contributed by atoms with Crippen molar-refractivity contribution >= 4 is 29.2 Å². The van der Waals surface area contributed by atoms with Crippen molar-refractivity contribution in [2.75, 3.05) is 6.61 Å². The van der Waals surface area contributed by atoms with Crippen LogP contribution in [0.15, 0.2) is 39.8 Å². The van der Waals surface area contributed by atoms with Crippen LogP contribution in [0.3, 0.4) is 0 Å². The van der Waals surface area contributed by atoms with Crippen molar-refractivity contribution in [3.05, 3.63) is 41.3 Å². The number of benzene rings is 1. The second kappa shape index (κ2) is 6.88. The number of carbonyl (C=O) groups is 2. The largest absolute Gasteiger partial charge is 0.462 e. The molecule has 0 bridgehead atoms. The van der Waals surface area contributed by atoms with E-state index in [1.165, 1.54) is 11.8 Å². The van der Waals surface area contributed by atoms with Crippen LogP contribution in [0.2, 0.25) is 0 Å². The van der Waals surface area contributed by atoms with Gasteiger partial charge < -0.3 is 14.5 Å². The highest BCUT2D eigenvalue weighted by molar-refractivity contribution is 8.05. The smallest absolute Gasteiger partial charge is 0.346 e. The highest BCUT2D eigenvalue weighted by atomic mass is 32.2. The zero-order valence-electron chi connectivity index (χ0n) is 13.1. The van der Waals surface area contributed by atoms with E-state index in [4.69, 9.17) is 9.15 Å². The maximum absolute atomic E-state index is 12.3. The molecule has 2 aromatic rings. The van der Waals surface area contributed by atoms with Crippen LogP contribution < -0.4 is 5.32 Å². The Balaban J connectivity index is 2.01. The Labute approximate surface area is 142 Å². The normalized spacial score (nSPS) is 19.1. The molecule has 24 heavy (non-hydrogen) atoms. The van der Waals surface area contributed by atoms with Crippen molar-refractivity contribution in [1.82, 2.24) is 15.5 Å². The minimum atomic E-state index is -0.613. The maximum Gasteiger partial charge on any atom is 0.346 e. The number of thioether (sulfide) groups is 1. The summed E-state index contributed by atoms with van der Waals surface area (Å²) in [6.45, 7) is 3.65. The first-order valence-electron chi connectivity index (χ1n) is 7.38. The molecule has 1 amide bonds. The van der Waals surface area contributed by atoms with Gasteiger partial charge in [0.15, 0.2) is 5.57 Å². The van der Waals surface area contributed by atoms with Crippen LogP contribution in [-0.2, 0) is 14.3 Å². The van der Waals surface area contributed by atoms with Crippen LogP contribution in [0.4, 0.5) is 0 Å². The number of aromatic nitrogens is 2. The van der Waals surface area contributed by atoms with E-state index in [0.29, 0.717) is 5.03 Å².